The van der Waals surface area contributed by atoms with E-state index in [9.17, 15) is 5.26 Å². The maximum Gasteiger partial charge on any atom is 0.0641 e. The molecule has 1 aromatic carbocycles. The normalized spacial score (nSPS) is 20.2. The molecule has 1 aliphatic heterocycles. The van der Waals surface area contributed by atoms with Crippen molar-refractivity contribution in [3.05, 3.63) is 35.9 Å². The van der Waals surface area contributed by atoms with Gasteiger partial charge in [-0.3, -0.25) is 4.90 Å². The van der Waals surface area contributed by atoms with Gasteiger partial charge in [-0.25, -0.2) is 0 Å². The first-order valence-electron chi connectivity index (χ1n) is 7.63. The van der Waals surface area contributed by atoms with Gasteiger partial charge in [-0.15, -0.1) is 0 Å². The molecule has 0 saturated carbocycles. The number of nitriles is 1. The van der Waals surface area contributed by atoms with E-state index in [1.807, 2.05) is 6.07 Å². The van der Waals surface area contributed by atoms with Crippen LogP contribution in [0.15, 0.2) is 30.3 Å². The third-order valence-electron chi connectivity index (χ3n) is 4.13. The number of benzene rings is 1. The zero-order valence-corrected chi connectivity index (χ0v) is 12.5. The van der Waals surface area contributed by atoms with Crippen LogP contribution in [0.25, 0.3) is 0 Å². The Hall–Kier alpha value is -1.37. The Labute approximate surface area is 122 Å². The largest absolute Gasteiger partial charge is 0.313 e. The fourth-order valence-corrected chi connectivity index (χ4v) is 3.05. The smallest absolute Gasteiger partial charge is 0.0641 e. The molecule has 0 radical (unpaired) electrons. The summed E-state index contributed by atoms with van der Waals surface area (Å²) in [5.41, 5.74) is 1.25. The molecule has 108 valence electrons. The molecule has 0 bridgehead atoms. The molecule has 1 heterocycles. The molecule has 1 fully saturated rings. The van der Waals surface area contributed by atoms with E-state index in [2.05, 4.69) is 54.4 Å². The van der Waals surface area contributed by atoms with Crippen molar-refractivity contribution in [2.24, 2.45) is 0 Å². The molecule has 0 aliphatic carbocycles. The first-order chi connectivity index (χ1) is 9.72. The summed E-state index contributed by atoms with van der Waals surface area (Å²) in [5.74, 6) is 0. The van der Waals surface area contributed by atoms with Gasteiger partial charge in [-0.2, -0.15) is 5.26 Å². The third kappa shape index (κ3) is 3.82. The van der Waals surface area contributed by atoms with E-state index >= 15 is 0 Å². The van der Waals surface area contributed by atoms with E-state index in [1.165, 1.54) is 18.4 Å². The first kappa shape index (κ1) is 15.0. The Morgan fingerprint density at radius 2 is 2.10 bits per heavy atom. The van der Waals surface area contributed by atoms with Gasteiger partial charge in [-0.05, 0) is 38.8 Å². The monoisotopic (exact) mass is 271 g/mol. The maximum atomic E-state index is 9.20. The molecule has 20 heavy (non-hydrogen) atoms. The van der Waals surface area contributed by atoms with E-state index in [1.54, 1.807) is 0 Å². The van der Waals surface area contributed by atoms with Gasteiger partial charge in [0.2, 0.25) is 0 Å². The molecular weight excluding hydrogens is 246 g/mol. The molecule has 0 amide bonds. The lowest BCUT2D eigenvalue weighted by atomic mass is 10.00. The highest BCUT2D eigenvalue weighted by atomic mass is 15.2. The van der Waals surface area contributed by atoms with Gasteiger partial charge < -0.3 is 5.32 Å². The van der Waals surface area contributed by atoms with Crippen LogP contribution in [0.1, 0.15) is 44.7 Å². The molecule has 3 nitrogen and oxygen atoms in total. The third-order valence-corrected chi connectivity index (χ3v) is 4.13. The van der Waals surface area contributed by atoms with Gasteiger partial charge in [-0.1, -0.05) is 30.3 Å². The highest BCUT2D eigenvalue weighted by Crippen LogP contribution is 2.27. The highest BCUT2D eigenvalue weighted by Gasteiger charge is 2.26. The molecule has 2 rings (SSSR count). The van der Waals surface area contributed by atoms with Crippen LogP contribution in [-0.2, 0) is 0 Å². The molecule has 0 spiro atoms. The fraction of sp³-hybridized carbons (Fsp3) is 0.588. The number of hydrogen-bond donors (Lipinski definition) is 1. The lowest BCUT2D eigenvalue weighted by Gasteiger charge is -2.36. The van der Waals surface area contributed by atoms with Crippen LogP contribution in [0, 0.1) is 11.3 Å². The SMILES string of the molecule is CC(C)N(CC1CCCN1)C(CC#N)c1ccccc1. The minimum Gasteiger partial charge on any atom is -0.313 e. The summed E-state index contributed by atoms with van der Waals surface area (Å²) >= 11 is 0. The fourth-order valence-electron chi connectivity index (χ4n) is 3.05. The predicted octanol–water partition coefficient (Wildman–Crippen LogP) is 3.10. The Morgan fingerprint density at radius 3 is 2.65 bits per heavy atom. The van der Waals surface area contributed by atoms with Crippen LogP contribution in [-0.4, -0.2) is 30.1 Å². The molecular formula is C17H25N3. The zero-order chi connectivity index (χ0) is 14.4. The summed E-state index contributed by atoms with van der Waals surface area (Å²) in [6.45, 7) is 6.61. The van der Waals surface area contributed by atoms with Gasteiger partial charge in [0.25, 0.3) is 0 Å². The van der Waals surface area contributed by atoms with Gasteiger partial charge in [0, 0.05) is 24.7 Å². The van der Waals surface area contributed by atoms with Crippen molar-refractivity contribution in [3.8, 4) is 6.07 Å². The average molecular weight is 271 g/mol. The van der Waals surface area contributed by atoms with E-state index < -0.39 is 0 Å². The summed E-state index contributed by atoms with van der Waals surface area (Å²) < 4.78 is 0. The average Bonchev–Trinajstić information content (AvgIpc) is 2.96. The molecule has 0 aromatic heterocycles. The summed E-state index contributed by atoms with van der Waals surface area (Å²) in [6, 6.07) is 14.0. The Balaban J connectivity index is 2.16. The molecule has 3 heteroatoms. The number of nitrogens with one attached hydrogen (secondary N) is 1. The van der Waals surface area contributed by atoms with Crippen molar-refractivity contribution in [1.82, 2.24) is 10.2 Å². The van der Waals surface area contributed by atoms with Crippen LogP contribution in [0.2, 0.25) is 0 Å². The van der Waals surface area contributed by atoms with Crippen LogP contribution in [0.5, 0.6) is 0 Å². The van der Waals surface area contributed by atoms with Crippen molar-refractivity contribution >= 4 is 0 Å². The molecule has 1 saturated heterocycles. The van der Waals surface area contributed by atoms with Gasteiger partial charge in [0.1, 0.15) is 0 Å². The van der Waals surface area contributed by atoms with Crippen LogP contribution in [0.4, 0.5) is 0 Å². The summed E-state index contributed by atoms with van der Waals surface area (Å²) in [6.07, 6.45) is 3.07. The summed E-state index contributed by atoms with van der Waals surface area (Å²) in [7, 11) is 0. The van der Waals surface area contributed by atoms with Gasteiger partial charge in [0.05, 0.1) is 12.5 Å². The molecule has 2 unspecified atom stereocenters. The molecule has 1 N–H and O–H groups in total. The molecule has 1 aliphatic rings. The predicted molar refractivity (Wildman–Crippen MR) is 82.3 cm³/mol. The zero-order valence-electron chi connectivity index (χ0n) is 12.5. The summed E-state index contributed by atoms with van der Waals surface area (Å²) in [4.78, 5) is 2.47. The van der Waals surface area contributed by atoms with E-state index in [4.69, 9.17) is 0 Å². The number of rotatable bonds is 6. The standard InChI is InChI=1S/C17H25N3/c1-14(2)20(13-16-9-6-12-19-16)17(10-11-18)15-7-4-3-5-8-15/h3-5,7-8,14,16-17,19H,6,9-10,12-13H2,1-2H3. The quantitative estimate of drug-likeness (QED) is 0.864. The first-order valence-corrected chi connectivity index (χ1v) is 7.63. The second-order valence-electron chi connectivity index (χ2n) is 5.87. The van der Waals surface area contributed by atoms with Crippen molar-refractivity contribution in [1.29, 1.82) is 5.26 Å². The topological polar surface area (TPSA) is 39.1 Å². The van der Waals surface area contributed by atoms with Crippen molar-refractivity contribution in [3.63, 3.8) is 0 Å². The minimum atomic E-state index is 0.198. The Kier molecular flexibility index (Phi) is 5.58. The summed E-state index contributed by atoms with van der Waals surface area (Å²) in [5, 5.41) is 12.8. The Morgan fingerprint density at radius 1 is 1.35 bits per heavy atom. The number of nitrogens with zero attached hydrogens (tertiary/aromatic N) is 2. The van der Waals surface area contributed by atoms with Crippen LogP contribution >= 0.6 is 0 Å². The highest BCUT2D eigenvalue weighted by molar-refractivity contribution is 5.20. The second kappa shape index (κ2) is 7.42. The Bertz CT molecular complexity index is 429. The molecule has 1 aromatic rings. The minimum absolute atomic E-state index is 0.198. The van der Waals surface area contributed by atoms with Crippen LogP contribution < -0.4 is 5.32 Å². The van der Waals surface area contributed by atoms with Crippen LogP contribution in [0.3, 0.4) is 0 Å². The van der Waals surface area contributed by atoms with Crippen molar-refractivity contribution in [2.45, 2.75) is 51.2 Å². The second-order valence-corrected chi connectivity index (χ2v) is 5.87. The van der Waals surface area contributed by atoms with Crippen molar-refractivity contribution < 1.29 is 0 Å². The van der Waals surface area contributed by atoms with E-state index in [0.29, 0.717) is 18.5 Å². The lowest BCUT2D eigenvalue weighted by molar-refractivity contribution is 0.141. The maximum absolute atomic E-state index is 9.20. The van der Waals surface area contributed by atoms with E-state index in [-0.39, 0.29) is 6.04 Å². The number of hydrogen-bond acceptors (Lipinski definition) is 3. The van der Waals surface area contributed by atoms with Gasteiger partial charge in [0.15, 0.2) is 0 Å². The van der Waals surface area contributed by atoms with Crippen molar-refractivity contribution in [2.75, 3.05) is 13.1 Å². The lowest BCUT2D eigenvalue weighted by Crippen LogP contribution is -2.43. The van der Waals surface area contributed by atoms with Gasteiger partial charge >= 0.3 is 0 Å². The van der Waals surface area contributed by atoms with E-state index in [0.717, 1.165) is 13.1 Å². The molecule has 2 atom stereocenters.